The van der Waals surface area contributed by atoms with Crippen LogP contribution in [0.15, 0.2) is 0 Å². The Morgan fingerprint density at radius 3 is 1.68 bits per heavy atom. The molecule has 0 unspecified atom stereocenters. The highest BCUT2D eigenvalue weighted by Gasteiger charge is 2.28. The number of urea groups is 1. The third kappa shape index (κ3) is 17.8. The average Bonchev–Trinajstić information content (AvgIpc) is 2.62. The van der Waals surface area contributed by atoms with Crippen molar-refractivity contribution in [2.75, 3.05) is 27.9 Å². The van der Waals surface area contributed by atoms with E-state index in [1.54, 1.807) is 21.3 Å². The highest BCUT2D eigenvalue weighted by atomic mass is 16.9. The van der Waals surface area contributed by atoms with Crippen LogP contribution in [0.4, 0.5) is 4.79 Å². The first-order chi connectivity index (χ1) is 12.0. The fourth-order valence-corrected chi connectivity index (χ4v) is 2.44. The second kappa shape index (κ2) is 19.5. The lowest BCUT2D eigenvalue weighted by Gasteiger charge is -2.28. The summed E-state index contributed by atoms with van der Waals surface area (Å²) in [5, 5.41) is 2.52. The second-order valence-corrected chi connectivity index (χ2v) is 6.16. The summed E-state index contributed by atoms with van der Waals surface area (Å²) < 4.78 is 15.7. The Labute approximate surface area is 155 Å². The van der Waals surface area contributed by atoms with E-state index in [1.807, 2.05) is 0 Å². The number of unbranched alkanes of at least 4 members (excludes halogenated alkanes) is 8. The maximum atomic E-state index is 10.1. The van der Waals surface area contributed by atoms with Gasteiger partial charge in [0, 0.05) is 34.3 Å². The van der Waals surface area contributed by atoms with Crippen molar-refractivity contribution in [3.63, 3.8) is 0 Å². The first-order valence-corrected chi connectivity index (χ1v) is 9.70. The van der Waals surface area contributed by atoms with Gasteiger partial charge in [-0.25, -0.2) is 4.79 Å². The minimum Gasteiger partial charge on any atom is -0.352 e. The maximum Gasteiger partial charge on any atom is 0.312 e. The van der Waals surface area contributed by atoms with Crippen LogP contribution < -0.4 is 11.1 Å². The summed E-state index contributed by atoms with van der Waals surface area (Å²) in [6.45, 7) is 5.07. The van der Waals surface area contributed by atoms with Gasteiger partial charge in [0.25, 0.3) is 5.97 Å². The van der Waals surface area contributed by atoms with Crippen LogP contribution >= 0.6 is 0 Å². The number of amides is 2. The molecular weight excluding hydrogens is 320 g/mol. The van der Waals surface area contributed by atoms with Crippen molar-refractivity contribution in [3.05, 3.63) is 0 Å². The molecule has 0 aromatic carbocycles. The van der Waals surface area contributed by atoms with Gasteiger partial charge in [-0.3, -0.25) is 0 Å². The summed E-state index contributed by atoms with van der Waals surface area (Å²) in [5.74, 6) is -0.830. The Morgan fingerprint density at radius 2 is 1.24 bits per heavy atom. The molecule has 0 aromatic rings. The summed E-state index contributed by atoms with van der Waals surface area (Å²) >= 11 is 0. The second-order valence-electron chi connectivity index (χ2n) is 6.16. The molecule has 25 heavy (non-hydrogen) atoms. The third-order valence-electron chi connectivity index (χ3n) is 4.10. The number of ether oxygens (including phenoxy) is 3. The van der Waals surface area contributed by atoms with E-state index in [4.69, 9.17) is 19.9 Å². The molecule has 0 bridgehead atoms. The minimum atomic E-state index is -0.830. The van der Waals surface area contributed by atoms with Crippen molar-refractivity contribution in [2.45, 2.75) is 90.4 Å². The zero-order valence-corrected chi connectivity index (χ0v) is 17.2. The molecule has 0 aromatic heterocycles. The van der Waals surface area contributed by atoms with Gasteiger partial charge < -0.3 is 25.3 Å². The van der Waals surface area contributed by atoms with Crippen molar-refractivity contribution in [1.82, 2.24) is 5.32 Å². The molecule has 3 N–H and O–H groups in total. The van der Waals surface area contributed by atoms with Crippen LogP contribution in [-0.2, 0) is 14.2 Å². The smallest absolute Gasteiger partial charge is 0.312 e. The molecule has 2 amide bonds. The number of hydrogen-bond acceptors (Lipinski definition) is 4. The van der Waals surface area contributed by atoms with E-state index in [0.717, 1.165) is 25.7 Å². The van der Waals surface area contributed by atoms with E-state index in [9.17, 15) is 4.79 Å². The van der Waals surface area contributed by atoms with Crippen LogP contribution in [0.1, 0.15) is 84.5 Å². The first-order valence-electron chi connectivity index (χ1n) is 9.70. The zero-order chi connectivity index (χ0) is 19.4. The number of hydrogen-bond donors (Lipinski definition) is 2. The van der Waals surface area contributed by atoms with Crippen LogP contribution in [0.25, 0.3) is 0 Å². The number of methoxy groups -OCH3 is 3. The monoisotopic (exact) mass is 362 g/mol. The van der Waals surface area contributed by atoms with Gasteiger partial charge in [0.15, 0.2) is 0 Å². The lowest BCUT2D eigenvalue weighted by molar-refractivity contribution is -0.355. The van der Waals surface area contributed by atoms with E-state index >= 15 is 0 Å². The van der Waals surface area contributed by atoms with Crippen molar-refractivity contribution in [1.29, 1.82) is 0 Å². The van der Waals surface area contributed by atoms with Crippen LogP contribution in [0.3, 0.4) is 0 Å². The highest BCUT2D eigenvalue weighted by molar-refractivity contribution is 5.71. The third-order valence-corrected chi connectivity index (χ3v) is 4.10. The average molecular weight is 363 g/mol. The Balaban J connectivity index is 0. The molecule has 0 saturated carbocycles. The van der Waals surface area contributed by atoms with Crippen molar-refractivity contribution in [3.8, 4) is 0 Å². The predicted molar refractivity (Wildman–Crippen MR) is 103 cm³/mol. The van der Waals surface area contributed by atoms with Gasteiger partial charge in [-0.2, -0.15) is 0 Å². The molecule has 6 nitrogen and oxygen atoms in total. The number of nitrogens with one attached hydrogen (secondary N) is 1. The minimum absolute atomic E-state index is 0.425. The van der Waals surface area contributed by atoms with Gasteiger partial charge in [-0.1, -0.05) is 65.2 Å². The Bertz CT molecular complexity index is 276. The lowest BCUT2D eigenvalue weighted by atomic mass is 10.1. The SMILES string of the molecule is CCCCCCCCCC(OC)(OC)OC.CCCCCNC(N)=O. The van der Waals surface area contributed by atoms with Gasteiger partial charge in [0.2, 0.25) is 0 Å². The maximum absolute atomic E-state index is 10.1. The summed E-state index contributed by atoms with van der Waals surface area (Å²) in [6, 6.07) is -0.425. The number of carbonyl (C=O) groups is 1. The van der Waals surface area contributed by atoms with Gasteiger partial charge in [-0.15, -0.1) is 0 Å². The molecule has 0 heterocycles. The number of nitrogens with two attached hydrogens (primary N) is 1. The van der Waals surface area contributed by atoms with E-state index in [1.165, 1.54) is 44.9 Å². The lowest BCUT2D eigenvalue weighted by Crippen LogP contribution is -2.35. The van der Waals surface area contributed by atoms with Crippen LogP contribution in [0.5, 0.6) is 0 Å². The largest absolute Gasteiger partial charge is 0.352 e. The summed E-state index contributed by atoms with van der Waals surface area (Å²) in [4.78, 5) is 10.1. The Hall–Kier alpha value is -0.850. The molecule has 0 aliphatic heterocycles. The Kier molecular flexibility index (Phi) is 20.5. The summed E-state index contributed by atoms with van der Waals surface area (Å²) in [6.07, 6.45) is 13.1. The molecule has 0 saturated heterocycles. The molecule has 0 atom stereocenters. The van der Waals surface area contributed by atoms with Crippen molar-refractivity contribution >= 4 is 6.03 Å². The van der Waals surface area contributed by atoms with Gasteiger partial charge in [0.1, 0.15) is 0 Å². The highest BCUT2D eigenvalue weighted by Crippen LogP contribution is 2.21. The molecule has 0 radical (unpaired) electrons. The number of rotatable bonds is 15. The van der Waals surface area contributed by atoms with E-state index in [-0.39, 0.29) is 0 Å². The molecule has 0 spiro atoms. The molecule has 6 heteroatoms. The molecule has 0 aliphatic rings. The van der Waals surface area contributed by atoms with Gasteiger partial charge >= 0.3 is 6.03 Å². The predicted octanol–water partition coefficient (Wildman–Crippen LogP) is 4.57. The quantitative estimate of drug-likeness (QED) is 0.330. The zero-order valence-electron chi connectivity index (χ0n) is 17.2. The topological polar surface area (TPSA) is 82.8 Å². The number of primary amides is 1. The number of carbonyl (C=O) groups excluding carboxylic acids is 1. The van der Waals surface area contributed by atoms with Crippen molar-refractivity contribution in [2.24, 2.45) is 5.73 Å². The normalized spacial score (nSPS) is 10.9. The van der Waals surface area contributed by atoms with Gasteiger partial charge in [0.05, 0.1) is 0 Å². The fraction of sp³-hybridized carbons (Fsp3) is 0.947. The molecular formula is C19H42N2O4. The van der Waals surface area contributed by atoms with Crippen LogP contribution in [-0.4, -0.2) is 39.9 Å². The van der Waals surface area contributed by atoms with E-state index in [0.29, 0.717) is 6.54 Å². The van der Waals surface area contributed by atoms with Gasteiger partial charge in [-0.05, 0) is 12.8 Å². The van der Waals surface area contributed by atoms with E-state index in [2.05, 4.69) is 19.2 Å². The molecule has 0 aliphatic carbocycles. The first kappa shape index (κ1) is 26.4. The summed E-state index contributed by atoms with van der Waals surface area (Å²) in [5.41, 5.74) is 4.82. The van der Waals surface area contributed by atoms with Crippen molar-refractivity contribution < 1.29 is 19.0 Å². The molecule has 0 fully saturated rings. The Morgan fingerprint density at radius 1 is 0.800 bits per heavy atom. The fourth-order valence-electron chi connectivity index (χ4n) is 2.44. The van der Waals surface area contributed by atoms with Crippen LogP contribution in [0.2, 0.25) is 0 Å². The summed E-state index contributed by atoms with van der Waals surface area (Å²) in [7, 11) is 4.86. The standard InChI is InChI=1S/C13H28O3.C6H14N2O/c1-5-6-7-8-9-10-11-12-13(14-2,15-3)16-4;1-2-3-4-5-8-6(7)9/h5-12H2,1-4H3;2-5H2,1H3,(H3,7,8,9). The van der Waals surface area contributed by atoms with Crippen LogP contribution in [0, 0.1) is 0 Å². The molecule has 0 rings (SSSR count). The molecule has 152 valence electrons. The van der Waals surface area contributed by atoms with E-state index < -0.39 is 12.0 Å².